The van der Waals surface area contributed by atoms with Crippen molar-refractivity contribution in [1.29, 1.82) is 0 Å². The minimum atomic E-state index is -0.895. The lowest BCUT2D eigenvalue weighted by Crippen LogP contribution is -2.47. The Morgan fingerprint density at radius 2 is 1.93 bits per heavy atom. The third kappa shape index (κ3) is 3.95. The second-order valence-corrected chi connectivity index (χ2v) is 7.75. The Hall–Kier alpha value is -2.48. The van der Waals surface area contributed by atoms with Gasteiger partial charge in [-0.15, -0.1) is 11.3 Å². The number of benzene rings is 1. The number of para-hydroxylation sites is 1. The van der Waals surface area contributed by atoms with Crippen LogP contribution >= 0.6 is 11.3 Å². The lowest BCUT2D eigenvalue weighted by atomic mass is 9.88. The first kappa shape index (κ1) is 19.3. The van der Waals surface area contributed by atoms with Crippen LogP contribution in [0.25, 0.3) is 10.2 Å². The van der Waals surface area contributed by atoms with Gasteiger partial charge in [-0.3, -0.25) is 14.5 Å². The summed E-state index contributed by atoms with van der Waals surface area (Å²) in [6.45, 7) is 3.57. The number of nitrogens with zero attached hydrogens (tertiary/aromatic N) is 2. The Morgan fingerprint density at radius 1 is 1.22 bits per heavy atom. The topological polar surface area (TPSA) is 88.6 Å². The SMILES string of the molecule is CCCC1(CCC)NC(=O)N(CC(=O)OCc2nc3ccccc3s2)C1=O. The molecule has 2 aromatic rings. The second-order valence-electron chi connectivity index (χ2n) is 6.64. The molecule has 0 bridgehead atoms. The van der Waals surface area contributed by atoms with Gasteiger partial charge in [0.2, 0.25) is 0 Å². The number of hydrogen-bond acceptors (Lipinski definition) is 6. The maximum atomic E-state index is 12.8. The third-order valence-electron chi connectivity index (χ3n) is 4.58. The number of aromatic nitrogens is 1. The van der Waals surface area contributed by atoms with Gasteiger partial charge in [-0.2, -0.15) is 0 Å². The smallest absolute Gasteiger partial charge is 0.326 e. The first-order valence-corrected chi connectivity index (χ1v) is 9.95. The van der Waals surface area contributed by atoms with Crippen molar-refractivity contribution in [3.05, 3.63) is 29.3 Å². The molecular formula is C19H23N3O4S. The molecule has 3 amide bonds. The van der Waals surface area contributed by atoms with Gasteiger partial charge in [0.1, 0.15) is 23.7 Å². The highest BCUT2D eigenvalue weighted by atomic mass is 32.1. The predicted molar refractivity (Wildman–Crippen MR) is 102 cm³/mol. The van der Waals surface area contributed by atoms with Crippen molar-refractivity contribution in [2.75, 3.05) is 6.54 Å². The molecule has 0 spiro atoms. The molecule has 1 saturated heterocycles. The van der Waals surface area contributed by atoms with Crippen LogP contribution in [-0.2, 0) is 20.9 Å². The van der Waals surface area contributed by atoms with Gasteiger partial charge < -0.3 is 10.1 Å². The van der Waals surface area contributed by atoms with E-state index in [0.717, 1.165) is 28.0 Å². The monoisotopic (exact) mass is 389 g/mol. The standard InChI is InChI=1S/C19H23N3O4S/c1-3-9-19(10-4-2)17(24)22(18(25)21-19)11-16(23)26-12-15-20-13-7-5-6-8-14(13)27-15/h5-8H,3-4,9-12H2,1-2H3,(H,21,25). The van der Waals surface area contributed by atoms with E-state index >= 15 is 0 Å². The Balaban J connectivity index is 1.61. The number of carbonyl (C=O) groups is 3. The molecule has 0 radical (unpaired) electrons. The summed E-state index contributed by atoms with van der Waals surface area (Å²) in [4.78, 5) is 42.6. The first-order valence-electron chi connectivity index (χ1n) is 9.13. The van der Waals surface area contributed by atoms with Crippen LogP contribution in [-0.4, -0.2) is 39.9 Å². The summed E-state index contributed by atoms with van der Waals surface area (Å²) in [6, 6.07) is 7.14. The molecule has 1 aromatic carbocycles. The van der Waals surface area contributed by atoms with Gasteiger partial charge in [0, 0.05) is 0 Å². The van der Waals surface area contributed by atoms with Crippen LogP contribution in [0.1, 0.15) is 44.5 Å². The molecule has 2 heterocycles. The lowest BCUT2D eigenvalue weighted by molar-refractivity contribution is -0.149. The molecule has 0 unspecified atom stereocenters. The summed E-state index contributed by atoms with van der Waals surface area (Å²) >= 11 is 1.45. The van der Waals surface area contributed by atoms with Crippen molar-refractivity contribution in [2.24, 2.45) is 0 Å². The Labute approximate surface area is 161 Å². The molecular weight excluding hydrogens is 366 g/mol. The molecule has 3 rings (SSSR count). The minimum Gasteiger partial charge on any atom is -0.457 e. The summed E-state index contributed by atoms with van der Waals surface area (Å²) in [5.41, 5.74) is -0.0416. The molecule has 1 aromatic heterocycles. The zero-order valence-electron chi connectivity index (χ0n) is 15.5. The fourth-order valence-corrected chi connectivity index (χ4v) is 4.32. The van der Waals surface area contributed by atoms with E-state index in [-0.39, 0.29) is 19.1 Å². The van der Waals surface area contributed by atoms with Gasteiger partial charge in [-0.05, 0) is 25.0 Å². The third-order valence-corrected chi connectivity index (χ3v) is 5.59. The summed E-state index contributed by atoms with van der Waals surface area (Å²) in [7, 11) is 0. The zero-order chi connectivity index (χ0) is 19.4. The van der Waals surface area contributed by atoms with Crippen molar-refractivity contribution in [1.82, 2.24) is 15.2 Å². The van der Waals surface area contributed by atoms with Crippen LogP contribution in [0, 0.1) is 0 Å². The number of ether oxygens (including phenoxy) is 1. The fraction of sp³-hybridized carbons (Fsp3) is 0.474. The number of esters is 1. The van der Waals surface area contributed by atoms with Gasteiger partial charge in [0.05, 0.1) is 10.2 Å². The molecule has 144 valence electrons. The fourth-order valence-electron chi connectivity index (χ4n) is 3.44. The van der Waals surface area contributed by atoms with E-state index in [9.17, 15) is 14.4 Å². The van der Waals surface area contributed by atoms with E-state index in [1.807, 2.05) is 38.1 Å². The lowest BCUT2D eigenvalue weighted by Gasteiger charge is -2.25. The summed E-state index contributed by atoms with van der Waals surface area (Å²) in [5.74, 6) is -0.963. The number of imide groups is 1. The van der Waals surface area contributed by atoms with E-state index in [0.29, 0.717) is 17.8 Å². The van der Waals surface area contributed by atoms with Gasteiger partial charge in [0.15, 0.2) is 0 Å². The molecule has 7 nitrogen and oxygen atoms in total. The molecule has 1 N–H and O–H groups in total. The minimum absolute atomic E-state index is 0.0247. The van der Waals surface area contributed by atoms with E-state index in [2.05, 4.69) is 10.3 Å². The average Bonchev–Trinajstić information content (AvgIpc) is 3.15. The summed E-state index contributed by atoms with van der Waals surface area (Å²) in [5, 5.41) is 3.46. The van der Waals surface area contributed by atoms with Gasteiger partial charge >= 0.3 is 12.0 Å². The van der Waals surface area contributed by atoms with E-state index in [4.69, 9.17) is 4.74 Å². The molecule has 0 saturated carbocycles. The number of hydrogen-bond donors (Lipinski definition) is 1. The second kappa shape index (κ2) is 8.04. The van der Waals surface area contributed by atoms with Crippen molar-refractivity contribution in [2.45, 2.75) is 51.7 Å². The predicted octanol–water partition coefficient (Wildman–Crippen LogP) is 3.23. The van der Waals surface area contributed by atoms with Gasteiger partial charge in [-0.1, -0.05) is 38.8 Å². The molecule has 1 fully saturated rings. The van der Waals surface area contributed by atoms with Crippen molar-refractivity contribution in [3.8, 4) is 0 Å². The first-order chi connectivity index (χ1) is 13.0. The molecule has 1 aliphatic heterocycles. The zero-order valence-corrected chi connectivity index (χ0v) is 16.3. The molecule has 27 heavy (non-hydrogen) atoms. The molecule has 1 aliphatic rings. The van der Waals surface area contributed by atoms with E-state index in [1.54, 1.807) is 0 Å². The highest BCUT2D eigenvalue weighted by Gasteiger charge is 2.50. The molecule has 8 heteroatoms. The molecule has 0 atom stereocenters. The number of carbonyl (C=O) groups excluding carboxylic acids is 3. The van der Waals surface area contributed by atoms with Crippen LogP contribution in [0.5, 0.6) is 0 Å². The average molecular weight is 389 g/mol. The van der Waals surface area contributed by atoms with Crippen LogP contribution in [0.3, 0.4) is 0 Å². The normalized spacial score (nSPS) is 16.0. The Kier molecular flexibility index (Phi) is 5.74. The number of urea groups is 1. The highest BCUT2D eigenvalue weighted by molar-refractivity contribution is 7.18. The summed E-state index contributed by atoms with van der Waals surface area (Å²) < 4.78 is 6.25. The maximum absolute atomic E-state index is 12.8. The Morgan fingerprint density at radius 3 is 2.59 bits per heavy atom. The van der Waals surface area contributed by atoms with Crippen LogP contribution < -0.4 is 5.32 Å². The number of rotatable bonds is 8. The summed E-state index contributed by atoms with van der Waals surface area (Å²) in [6.07, 6.45) is 2.65. The van der Waals surface area contributed by atoms with Crippen LogP contribution in [0.4, 0.5) is 4.79 Å². The number of amides is 3. The highest BCUT2D eigenvalue weighted by Crippen LogP contribution is 2.28. The number of thiazole rings is 1. The van der Waals surface area contributed by atoms with Crippen LogP contribution in [0.2, 0.25) is 0 Å². The van der Waals surface area contributed by atoms with Crippen molar-refractivity contribution in [3.63, 3.8) is 0 Å². The van der Waals surface area contributed by atoms with Crippen molar-refractivity contribution >= 4 is 39.5 Å². The van der Waals surface area contributed by atoms with E-state index in [1.165, 1.54) is 11.3 Å². The van der Waals surface area contributed by atoms with Gasteiger partial charge in [-0.25, -0.2) is 9.78 Å². The van der Waals surface area contributed by atoms with E-state index < -0.39 is 17.5 Å². The number of nitrogens with one attached hydrogen (secondary N) is 1. The largest absolute Gasteiger partial charge is 0.457 e. The quantitative estimate of drug-likeness (QED) is 0.553. The Bertz CT molecular complexity index is 825. The van der Waals surface area contributed by atoms with Gasteiger partial charge in [0.25, 0.3) is 5.91 Å². The number of fused-ring (bicyclic) bond motifs is 1. The van der Waals surface area contributed by atoms with Crippen molar-refractivity contribution < 1.29 is 19.1 Å². The van der Waals surface area contributed by atoms with Crippen LogP contribution in [0.15, 0.2) is 24.3 Å². The molecule has 0 aliphatic carbocycles. The maximum Gasteiger partial charge on any atom is 0.326 e.